The Morgan fingerprint density at radius 3 is 1.76 bits per heavy atom. The van der Waals surface area contributed by atoms with Gasteiger partial charge in [-0.2, -0.15) is 0 Å². The van der Waals surface area contributed by atoms with Crippen LogP contribution in [0.3, 0.4) is 0 Å². The van der Waals surface area contributed by atoms with Gasteiger partial charge in [-0.05, 0) is 57.8 Å². The lowest BCUT2D eigenvalue weighted by Crippen LogP contribution is -2.48. The lowest BCUT2D eigenvalue weighted by Gasteiger charge is -2.21. The summed E-state index contributed by atoms with van der Waals surface area (Å²) in [6, 6.07) is -0.813. The average molecular weight is 480 g/mol. The van der Waals surface area contributed by atoms with Crippen LogP contribution in [0.5, 0.6) is 0 Å². The molecule has 0 radical (unpaired) electrons. The highest BCUT2D eigenvalue weighted by atomic mass is 16.3. The van der Waals surface area contributed by atoms with Crippen molar-refractivity contribution in [2.24, 2.45) is 0 Å². The van der Waals surface area contributed by atoms with Crippen LogP contribution in [0.1, 0.15) is 117 Å². The number of nitrogens with one attached hydrogen (secondary N) is 1. The predicted molar refractivity (Wildman–Crippen MR) is 144 cm³/mol. The number of carbonyl (C=O) groups excluding carboxylic acids is 1. The van der Waals surface area contributed by atoms with Crippen molar-refractivity contribution >= 4 is 5.91 Å². The third kappa shape index (κ3) is 20.0. The minimum atomic E-state index is -1.11. The summed E-state index contributed by atoms with van der Waals surface area (Å²) < 4.78 is 0. The number of hydrogen-bond acceptors (Lipinski definition) is 4. The number of aliphatic hydroxyl groups excluding tert-OH is 3. The van der Waals surface area contributed by atoms with E-state index in [9.17, 15) is 20.1 Å². The lowest BCUT2D eigenvalue weighted by molar-refractivity contribution is -0.131. The van der Waals surface area contributed by atoms with Gasteiger partial charge < -0.3 is 20.6 Å². The molecule has 34 heavy (non-hydrogen) atoms. The second-order valence-electron chi connectivity index (χ2n) is 9.24. The topological polar surface area (TPSA) is 89.8 Å². The van der Waals surface area contributed by atoms with Crippen LogP contribution in [0, 0.1) is 0 Å². The Kier molecular flexibility index (Phi) is 23.6. The molecule has 0 aromatic carbocycles. The van der Waals surface area contributed by atoms with E-state index in [0.717, 1.165) is 51.4 Å². The minimum Gasteiger partial charge on any atom is -0.394 e. The van der Waals surface area contributed by atoms with Crippen molar-refractivity contribution in [2.75, 3.05) is 6.61 Å². The van der Waals surface area contributed by atoms with E-state index in [1.807, 2.05) is 6.08 Å². The Labute approximate surface area is 209 Å². The molecule has 5 nitrogen and oxygen atoms in total. The van der Waals surface area contributed by atoms with Crippen molar-refractivity contribution in [2.45, 2.75) is 135 Å². The predicted octanol–water partition coefficient (Wildman–Crippen LogP) is 6.14. The van der Waals surface area contributed by atoms with Gasteiger partial charge in [-0.15, -0.1) is 0 Å². The molecule has 198 valence electrons. The van der Waals surface area contributed by atoms with Gasteiger partial charge in [-0.25, -0.2) is 0 Å². The van der Waals surface area contributed by atoms with Crippen LogP contribution in [0.4, 0.5) is 0 Å². The molecule has 0 fully saturated rings. The molecule has 0 saturated heterocycles. The molecule has 5 heteroatoms. The number of carbonyl (C=O) groups is 1. The van der Waals surface area contributed by atoms with Crippen molar-refractivity contribution in [3.05, 3.63) is 36.5 Å². The smallest absolute Gasteiger partial charge is 0.249 e. The quantitative estimate of drug-likeness (QED) is 0.105. The third-order valence-electron chi connectivity index (χ3n) is 5.95. The van der Waals surface area contributed by atoms with E-state index in [2.05, 4.69) is 43.5 Å². The third-order valence-corrected chi connectivity index (χ3v) is 5.95. The molecule has 0 aliphatic heterocycles. The van der Waals surface area contributed by atoms with Gasteiger partial charge in [-0.1, -0.05) is 95.2 Å². The maximum atomic E-state index is 12.2. The first-order chi connectivity index (χ1) is 16.6. The number of amides is 1. The molecule has 1 amide bonds. The molecule has 0 heterocycles. The molecular formula is C29H53NO4. The molecule has 0 saturated carbocycles. The van der Waals surface area contributed by atoms with Crippen molar-refractivity contribution in [1.82, 2.24) is 5.32 Å². The summed E-state index contributed by atoms with van der Waals surface area (Å²) in [4.78, 5) is 12.2. The monoisotopic (exact) mass is 479 g/mol. The van der Waals surface area contributed by atoms with Crippen LogP contribution in [0.2, 0.25) is 0 Å². The number of unbranched alkanes of at least 4 members (excludes halogenated alkanes) is 11. The van der Waals surface area contributed by atoms with E-state index in [1.165, 1.54) is 44.9 Å². The van der Waals surface area contributed by atoms with Crippen LogP contribution in [-0.4, -0.2) is 46.1 Å². The summed E-state index contributed by atoms with van der Waals surface area (Å²) in [7, 11) is 0. The summed E-state index contributed by atoms with van der Waals surface area (Å²) in [6.07, 6.45) is 27.3. The Morgan fingerprint density at radius 2 is 1.21 bits per heavy atom. The van der Waals surface area contributed by atoms with Crippen LogP contribution < -0.4 is 5.32 Å². The zero-order chi connectivity index (χ0) is 25.3. The first-order valence-corrected chi connectivity index (χ1v) is 13.8. The lowest BCUT2D eigenvalue weighted by atomic mass is 10.1. The average Bonchev–Trinajstić information content (AvgIpc) is 2.84. The minimum absolute atomic E-state index is 0.382. The maximum absolute atomic E-state index is 12.2. The summed E-state index contributed by atoms with van der Waals surface area (Å²) in [5.41, 5.74) is 0. The Bertz CT molecular complexity index is 544. The fourth-order valence-electron chi connectivity index (χ4n) is 3.66. The molecule has 3 unspecified atom stereocenters. The Balaban J connectivity index is 3.97. The first kappa shape index (κ1) is 32.6. The molecule has 0 rings (SSSR count). The van der Waals surface area contributed by atoms with Crippen molar-refractivity contribution < 1.29 is 20.1 Å². The normalized spacial score (nSPS) is 14.9. The number of rotatable bonds is 23. The zero-order valence-electron chi connectivity index (χ0n) is 22.0. The molecule has 0 spiro atoms. The second kappa shape index (κ2) is 24.7. The van der Waals surface area contributed by atoms with Gasteiger partial charge in [0, 0.05) is 0 Å². The molecule has 0 aromatic heterocycles. The molecule has 0 aliphatic carbocycles. The molecule has 3 atom stereocenters. The molecule has 0 aliphatic rings. The molecule has 0 aromatic rings. The van der Waals surface area contributed by atoms with Gasteiger partial charge in [0.2, 0.25) is 5.91 Å². The van der Waals surface area contributed by atoms with Crippen LogP contribution in [0.25, 0.3) is 0 Å². The highest BCUT2D eigenvalue weighted by Crippen LogP contribution is 2.10. The SMILES string of the molecule is CCCCC/C=C\CCCCCCC(O)C(=O)NC(CO)C(O)/C=C/CC/C=C/CCCCC. The van der Waals surface area contributed by atoms with Crippen LogP contribution in [0.15, 0.2) is 36.5 Å². The summed E-state index contributed by atoms with van der Waals surface area (Å²) in [5.74, 6) is -0.531. The van der Waals surface area contributed by atoms with Crippen molar-refractivity contribution in [3.63, 3.8) is 0 Å². The van der Waals surface area contributed by atoms with E-state index in [0.29, 0.717) is 6.42 Å². The van der Waals surface area contributed by atoms with Gasteiger partial charge in [0.1, 0.15) is 6.10 Å². The summed E-state index contributed by atoms with van der Waals surface area (Å²) >= 11 is 0. The van der Waals surface area contributed by atoms with Gasteiger partial charge in [0.25, 0.3) is 0 Å². The molecule has 4 N–H and O–H groups in total. The van der Waals surface area contributed by atoms with E-state index in [4.69, 9.17) is 0 Å². The van der Waals surface area contributed by atoms with Gasteiger partial charge in [0.15, 0.2) is 0 Å². The van der Waals surface area contributed by atoms with Crippen LogP contribution in [-0.2, 0) is 4.79 Å². The van der Waals surface area contributed by atoms with Crippen LogP contribution >= 0.6 is 0 Å². The highest BCUT2D eigenvalue weighted by Gasteiger charge is 2.22. The van der Waals surface area contributed by atoms with E-state index >= 15 is 0 Å². The Hall–Kier alpha value is -1.43. The molecular weight excluding hydrogens is 426 g/mol. The van der Waals surface area contributed by atoms with Gasteiger partial charge >= 0.3 is 0 Å². The fourth-order valence-corrected chi connectivity index (χ4v) is 3.66. The zero-order valence-corrected chi connectivity index (χ0v) is 22.0. The van der Waals surface area contributed by atoms with E-state index in [-0.39, 0.29) is 6.61 Å². The van der Waals surface area contributed by atoms with Gasteiger partial charge in [0.05, 0.1) is 18.8 Å². The number of allylic oxidation sites excluding steroid dienone is 5. The standard InChI is InChI=1S/C29H53NO4/c1-3-5-7-9-11-13-14-16-18-20-22-24-28(33)29(34)30-26(25-31)27(32)23-21-19-17-15-12-10-8-6-4-2/h11-13,15,21,23,26-28,31-33H,3-10,14,16-20,22,24-25H2,1-2H3,(H,30,34)/b13-11-,15-12+,23-21+. The second-order valence-corrected chi connectivity index (χ2v) is 9.24. The Morgan fingerprint density at radius 1 is 0.706 bits per heavy atom. The maximum Gasteiger partial charge on any atom is 0.249 e. The highest BCUT2D eigenvalue weighted by molar-refractivity contribution is 5.80. The number of aliphatic hydroxyl groups is 3. The molecule has 0 bridgehead atoms. The van der Waals surface area contributed by atoms with E-state index in [1.54, 1.807) is 6.08 Å². The van der Waals surface area contributed by atoms with Crippen molar-refractivity contribution in [1.29, 1.82) is 0 Å². The van der Waals surface area contributed by atoms with Crippen molar-refractivity contribution in [3.8, 4) is 0 Å². The first-order valence-electron chi connectivity index (χ1n) is 13.8. The van der Waals surface area contributed by atoms with E-state index < -0.39 is 24.2 Å². The summed E-state index contributed by atoms with van der Waals surface area (Å²) in [6.45, 7) is 4.03. The largest absolute Gasteiger partial charge is 0.394 e. The van der Waals surface area contributed by atoms with Gasteiger partial charge in [-0.3, -0.25) is 4.79 Å². The summed E-state index contributed by atoms with van der Waals surface area (Å²) in [5, 5.41) is 32.5. The number of hydrogen-bond donors (Lipinski definition) is 4. The fraction of sp³-hybridized carbons (Fsp3) is 0.759.